The fraction of sp³-hybridized carbons (Fsp3) is 0.333. The van der Waals surface area contributed by atoms with Crippen LogP contribution in [0.15, 0.2) is 18.2 Å². The molecule has 1 aromatic rings. The van der Waals surface area contributed by atoms with E-state index in [1.165, 1.54) is 12.1 Å². The molecule has 0 heterocycles. The summed E-state index contributed by atoms with van der Waals surface area (Å²) >= 11 is 5.72. The summed E-state index contributed by atoms with van der Waals surface area (Å²) in [6, 6.07) is 4.32. The summed E-state index contributed by atoms with van der Waals surface area (Å²) < 4.78 is 0. The summed E-state index contributed by atoms with van der Waals surface area (Å²) in [5.74, 6) is -1.26. The average molecular weight is 271 g/mol. The van der Waals surface area contributed by atoms with Crippen molar-refractivity contribution in [2.45, 2.75) is 13.3 Å². The molecule has 18 heavy (non-hydrogen) atoms. The van der Waals surface area contributed by atoms with Crippen molar-refractivity contribution in [1.29, 1.82) is 0 Å². The molecule has 1 aromatic carbocycles. The lowest BCUT2D eigenvalue weighted by Gasteiger charge is -2.10. The molecular formula is C12H15ClN2O3. The lowest BCUT2D eigenvalue weighted by atomic mass is 10.1. The molecule has 0 radical (unpaired) electrons. The summed E-state index contributed by atoms with van der Waals surface area (Å²) in [4.78, 5) is 22.5. The second-order valence-electron chi connectivity index (χ2n) is 4.09. The van der Waals surface area contributed by atoms with Crippen LogP contribution in [0.4, 0.5) is 5.69 Å². The van der Waals surface area contributed by atoms with Crippen molar-refractivity contribution in [3.8, 4) is 0 Å². The lowest BCUT2D eigenvalue weighted by molar-refractivity contribution is -0.116. The first-order valence-electron chi connectivity index (χ1n) is 5.46. The fourth-order valence-corrected chi connectivity index (χ4v) is 1.58. The van der Waals surface area contributed by atoms with E-state index in [0.29, 0.717) is 18.7 Å². The Morgan fingerprint density at radius 1 is 1.50 bits per heavy atom. The highest BCUT2D eigenvalue weighted by Crippen LogP contribution is 2.20. The predicted octanol–water partition coefficient (Wildman–Crippen LogP) is 1.96. The third kappa shape index (κ3) is 4.01. The van der Waals surface area contributed by atoms with Gasteiger partial charge in [-0.15, -0.1) is 0 Å². The maximum atomic E-state index is 11.6. The zero-order chi connectivity index (χ0) is 13.7. The number of benzene rings is 1. The van der Waals surface area contributed by atoms with Crippen LogP contribution in [0, 0.1) is 5.92 Å². The number of carboxylic acid groups (broad SMARTS) is 1. The van der Waals surface area contributed by atoms with Gasteiger partial charge in [0.05, 0.1) is 10.6 Å². The highest BCUT2D eigenvalue weighted by atomic mass is 35.5. The summed E-state index contributed by atoms with van der Waals surface area (Å²) in [5, 5.41) is 11.6. The zero-order valence-electron chi connectivity index (χ0n) is 9.94. The van der Waals surface area contributed by atoms with Crippen molar-refractivity contribution in [1.82, 2.24) is 0 Å². The Morgan fingerprint density at radius 3 is 2.72 bits per heavy atom. The summed E-state index contributed by atoms with van der Waals surface area (Å²) in [5.41, 5.74) is 5.79. The molecule has 6 heteroatoms. The molecule has 1 unspecified atom stereocenters. The number of carboxylic acids is 1. The SMILES string of the molecule is CC(CN)CC(=O)Nc1ccc(Cl)c(C(=O)O)c1. The molecule has 4 N–H and O–H groups in total. The van der Waals surface area contributed by atoms with Crippen LogP contribution in [0.2, 0.25) is 5.02 Å². The van der Waals surface area contributed by atoms with Gasteiger partial charge in [0.25, 0.3) is 0 Å². The number of anilines is 1. The number of rotatable bonds is 5. The van der Waals surface area contributed by atoms with Crippen molar-refractivity contribution in [2.75, 3.05) is 11.9 Å². The first-order chi connectivity index (χ1) is 8.43. The monoisotopic (exact) mass is 270 g/mol. The van der Waals surface area contributed by atoms with Gasteiger partial charge in [-0.05, 0) is 30.7 Å². The molecule has 0 aromatic heterocycles. The van der Waals surface area contributed by atoms with Gasteiger partial charge >= 0.3 is 5.97 Å². The standard InChI is InChI=1S/C12H15ClN2O3/c1-7(6-14)4-11(16)15-8-2-3-10(13)9(5-8)12(17)18/h2-3,5,7H,4,6,14H2,1H3,(H,15,16)(H,17,18). The van der Waals surface area contributed by atoms with Gasteiger partial charge in [0.15, 0.2) is 0 Å². The fourth-order valence-electron chi connectivity index (χ4n) is 1.38. The smallest absolute Gasteiger partial charge is 0.337 e. The van der Waals surface area contributed by atoms with E-state index < -0.39 is 5.97 Å². The number of carbonyl (C=O) groups excluding carboxylic acids is 1. The molecule has 5 nitrogen and oxygen atoms in total. The van der Waals surface area contributed by atoms with Gasteiger partial charge in [-0.2, -0.15) is 0 Å². The van der Waals surface area contributed by atoms with E-state index >= 15 is 0 Å². The van der Waals surface area contributed by atoms with Crippen LogP contribution in [0.25, 0.3) is 0 Å². The molecule has 1 atom stereocenters. The highest BCUT2D eigenvalue weighted by Gasteiger charge is 2.12. The van der Waals surface area contributed by atoms with Crippen LogP contribution >= 0.6 is 11.6 Å². The number of hydrogen-bond donors (Lipinski definition) is 3. The normalized spacial score (nSPS) is 11.9. The molecule has 0 fully saturated rings. The predicted molar refractivity (Wildman–Crippen MR) is 69.9 cm³/mol. The molecule has 0 aliphatic carbocycles. The molecule has 1 rings (SSSR count). The summed E-state index contributed by atoms with van der Waals surface area (Å²) in [6.45, 7) is 2.29. The van der Waals surface area contributed by atoms with E-state index in [1.807, 2.05) is 6.92 Å². The first kappa shape index (κ1) is 14.5. The topological polar surface area (TPSA) is 92.4 Å². The zero-order valence-corrected chi connectivity index (χ0v) is 10.7. The third-order valence-electron chi connectivity index (χ3n) is 2.42. The van der Waals surface area contributed by atoms with Crippen molar-refractivity contribution in [3.05, 3.63) is 28.8 Å². The molecule has 0 aliphatic heterocycles. The number of nitrogens with two attached hydrogens (primary N) is 1. The van der Waals surface area contributed by atoms with E-state index in [-0.39, 0.29) is 22.4 Å². The van der Waals surface area contributed by atoms with Crippen LogP contribution in [-0.2, 0) is 4.79 Å². The van der Waals surface area contributed by atoms with Crippen molar-refractivity contribution >= 4 is 29.2 Å². The molecule has 0 saturated heterocycles. The van der Waals surface area contributed by atoms with E-state index in [0.717, 1.165) is 0 Å². The second-order valence-corrected chi connectivity index (χ2v) is 4.50. The molecule has 0 aliphatic rings. The minimum atomic E-state index is -1.13. The van der Waals surface area contributed by atoms with Gasteiger partial charge in [0, 0.05) is 12.1 Å². The van der Waals surface area contributed by atoms with Gasteiger partial charge in [0.2, 0.25) is 5.91 Å². The Morgan fingerprint density at radius 2 is 2.17 bits per heavy atom. The van der Waals surface area contributed by atoms with Gasteiger partial charge in [-0.25, -0.2) is 4.79 Å². The van der Waals surface area contributed by atoms with Crippen LogP contribution < -0.4 is 11.1 Å². The number of halogens is 1. The Kier molecular flexibility index (Phi) is 5.12. The minimum absolute atomic E-state index is 0.0404. The molecule has 1 amide bonds. The highest BCUT2D eigenvalue weighted by molar-refractivity contribution is 6.33. The van der Waals surface area contributed by atoms with Crippen LogP contribution in [0.3, 0.4) is 0 Å². The Balaban J connectivity index is 2.76. The van der Waals surface area contributed by atoms with E-state index in [4.69, 9.17) is 22.4 Å². The van der Waals surface area contributed by atoms with Gasteiger partial charge in [-0.3, -0.25) is 4.79 Å². The van der Waals surface area contributed by atoms with Crippen molar-refractivity contribution in [3.63, 3.8) is 0 Å². The van der Waals surface area contributed by atoms with E-state index in [2.05, 4.69) is 5.32 Å². The Hall–Kier alpha value is -1.59. The number of nitrogens with one attached hydrogen (secondary N) is 1. The second kappa shape index (κ2) is 6.37. The Labute approximate surface area is 110 Å². The number of amides is 1. The van der Waals surface area contributed by atoms with Gasteiger partial charge in [0.1, 0.15) is 0 Å². The third-order valence-corrected chi connectivity index (χ3v) is 2.75. The van der Waals surface area contributed by atoms with Gasteiger partial charge < -0.3 is 16.2 Å². The number of aromatic carboxylic acids is 1. The summed E-state index contributed by atoms with van der Waals surface area (Å²) in [6.07, 6.45) is 0.293. The summed E-state index contributed by atoms with van der Waals surface area (Å²) in [7, 11) is 0. The minimum Gasteiger partial charge on any atom is -0.478 e. The maximum Gasteiger partial charge on any atom is 0.337 e. The average Bonchev–Trinajstić information content (AvgIpc) is 2.31. The Bertz CT molecular complexity index is 463. The largest absolute Gasteiger partial charge is 0.478 e. The van der Waals surface area contributed by atoms with Gasteiger partial charge in [-0.1, -0.05) is 18.5 Å². The first-order valence-corrected chi connectivity index (χ1v) is 5.84. The van der Waals surface area contributed by atoms with E-state index in [9.17, 15) is 9.59 Å². The van der Waals surface area contributed by atoms with Crippen molar-refractivity contribution < 1.29 is 14.7 Å². The maximum absolute atomic E-state index is 11.6. The quantitative estimate of drug-likeness (QED) is 0.762. The van der Waals surface area contributed by atoms with E-state index in [1.54, 1.807) is 6.07 Å². The number of hydrogen-bond acceptors (Lipinski definition) is 3. The molecule has 0 bridgehead atoms. The lowest BCUT2D eigenvalue weighted by Crippen LogP contribution is -2.20. The van der Waals surface area contributed by atoms with Crippen LogP contribution in [0.1, 0.15) is 23.7 Å². The van der Waals surface area contributed by atoms with Crippen molar-refractivity contribution in [2.24, 2.45) is 11.7 Å². The molecular weight excluding hydrogens is 256 g/mol. The molecule has 0 saturated carbocycles. The van der Waals surface area contributed by atoms with Crippen LogP contribution in [0.5, 0.6) is 0 Å². The van der Waals surface area contributed by atoms with Crippen LogP contribution in [-0.4, -0.2) is 23.5 Å². The molecule has 98 valence electrons. The molecule has 0 spiro atoms. The number of carbonyl (C=O) groups is 2.